The summed E-state index contributed by atoms with van der Waals surface area (Å²) in [6.45, 7) is 2.26. The van der Waals surface area contributed by atoms with Gasteiger partial charge in [-0.05, 0) is 36.6 Å². The molecule has 0 saturated heterocycles. The third-order valence-electron chi connectivity index (χ3n) is 4.16. The molecular formula is C20H22N2O4. The summed E-state index contributed by atoms with van der Waals surface area (Å²) in [6, 6.07) is 14.7. The zero-order valence-corrected chi connectivity index (χ0v) is 14.7. The summed E-state index contributed by atoms with van der Waals surface area (Å²) in [7, 11) is 0. The molecule has 1 atom stereocenters. The van der Waals surface area contributed by atoms with Crippen molar-refractivity contribution in [2.45, 2.75) is 32.4 Å². The fraction of sp³-hybridized carbons (Fsp3) is 0.300. The Kier molecular flexibility index (Phi) is 5.73. The fourth-order valence-electron chi connectivity index (χ4n) is 2.67. The maximum atomic E-state index is 12.2. The molecule has 0 bridgehead atoms. The van der Waals surface area contributed by atoms with E-state index in [0.717, 1.165) is 11.1 Å². The summed E-state index contributed by atoms with van der Waals surface area (Å²) in [5.74, 6) is 1.02. The lowest BCUT2D eigenvalue weighted by Crippen LogP contribution is -2.44. The van der Waals surface area contributed by atoms with Crippen LogP contribution in [0.2, 0.25) is 0 Å². The van der Waals surface area contributed by atoms with Gasteiger partial charge in [-0.1, -0.05) is 36.4 Å². The number of rotatable bonds is 7. The number of ether oxygens (including phenoxy) is 2. The molecule has 1 heterocycles. The summed E-state index contributed by atoms with van der Waals surface area (Å²) >= 11 is 0. The molecule has 136 valence electrons. The monoisotopic (exact) mass is 354 g/mol. The van der Waals surface area contributed by atoms with Gasteiger partial charge in [-0.25, -0.2) is 0 Å². The van der Waals surface area contributed by atoms with E-state index in [0.29, 0.717) is 30.9 Å². The molecule has 1 aliphatic rings. The molecule has 0 aliphatic carbocycles. The SMILES string of the molecule is C[C@H](NC(=O)CCc1ccccc1)C(=O)NCc1ccc2c(c1)OCO2. The quantitative estimate of drug-likeness (QED) is 0.799. The predicted molar refractivity (Wildman–Crippen MR) is 96.8 cm³/mol. The van der Waals surface area contributed by atoms with Crippen LogP contribution in [0.5, 0.6) is 11.5 Å². The van der Waals surface area contributed by atoms with Gasteiger partial charge in [0.1, 0.15) is 6.04 Å². The van der Waals surface area contributed by atoms with E-state index in [-0.39, 0.29) is 18.6 Å². The van der Waals surface area contributed by atoms with Crippen molar-refractivity contribution in [2.24, 2.45) is 0 Å². The Morgan fingerprint density at radius 2 is 1.81 bits per heavy atom. The van der Waals surface area contributed by atoms with Crippen LogP contribution in [0, 0.1) is 0 Å². The minimum Gasteiger partial charge on any atom is -0.454 e. The highest BCUT2D eigenvalue weighted by Crippen LogP contribution is 2.32. The van der Waals surface area contributed by atoms with Gasteiger partial charge in [0.15, 0.2) is 11.5 Å². The maximum absolute atomic E-state index is 12.2. The van der Waals surface area contributed by atoms with Crippen molar-refractivity contribution in [3.05, 3.63) is 59.7 Å². The Morgan fingerprint density at radius 3 is 2.62 bits per heavy atom. The molecule has 1 aliphatic heterocycles. The third kappa shape index (κ3) is 4.75. The van der Waals surface area contributed by atoms with E-state index in [2.05, 4.69) is 10.6 Å². The van der Waals surface area contributed by atoms with Crippen molar-refractivity contribution in [1.29, 1.82) is 0 Å². The molecule has 0 unspecified atom stereocenters. The number of hydrogen-bond acceptors (Lipinski definition) is 4. The van der Waals surface area contributed by atoms with Crippen LogP contribution in [0.1, 0.15) is 24.5 Å². The number of aryl methyl sites for hydroxylation is 1. The number of amides is 2. The van der Waals surface area contributed by atoms with E-state index in [1.807, 2.05) is 48.5 Å². The zero-order chi connectivity index (χ0) is 18.4. The first-order chi connectivity index (χ1) is 12.6. The molecule has 3 rings (SSSR count). The Labute approximate surface area is 152 Å². The van der Waals surface area contributed by atoms with E-state index in [1.54, 1.807) is 6.92 Å². The lowest BCUT2D eigenvalue weighted by Gasteiger charge is -2.14. The summed E-state index contributed by atoms with van der Waals surface area (Å²) in [6.07, 6.45) is 1.00. The lowest BCUT2D eigenvalue weighted by molar-refractivity contribution is -0.128. The van der Waals surface area contributed by atoms with E-state index in [1.165, 1.54) is 0 Å². The highest BCUT2D eigenvalue weighted by molar-refractivity contribution is 5.87. The second kappa shape index (κ2) is 8.38. The maximum Gasteiger partial charge on any atom is 0.242 e. The van der Waals surface area contributed by atoms with Crippen LogP contribution < -0.4 is 20.1 Å². The van der Waals surface area contributed by atoms with Gasteiger partial charge in [0, 0.05) is 13.0 Å². The second-order valence-electron chi connectivity index (χ2n) is 6.18. The summed E-state index contributed by atoms with van der Waals surface area (Å²) < 4.78 is 10.6. The average molecular weight is 354 g/mol. The first-order valence-corrected chi connectivity index (χ1v) is 8.61. The van der Waals surface area contributed by atoms with Gasteiger partial charge in [-0.15, -0.1) is 0 Å². The van der Waals surface area contributed by atoms with Crippen molar-refractivity contribution >= 4 is 11.8 Å². The van der Waals surface area contributed by atoms with Crippen molar-refractivity contribution in [2.75, 3.05) is 6.79 Å². The lowest BCUT2D eigenvalue weighted by atomic mass is 10.1. The fourth-order valence-corrected chi connectivity index (χ4v) is 2.67. The van der Waals surface area contributed by atoms with Crippen LogP contribution in [0.3, 0.4) is 0 Å². The molecule has 2 aromatic carbocycles. The molecule has 2 aromatic rings. The molecule has 2 amide bonds. The molecule has 0 fully saturated rings. The Balaban J connectivity index is 1.42. The van der Waals surface area contributed by atoms with Gasteiger partial charge < -0.3 is 20.1 Å². The summed E-state index contributed by atoms with van der Waals surface area (Å²) in [5.41, 5.74) is 2.01. The highest BCUT2D eigenvalue weighted by Gasteiger charge is 2.17. The smallest absolute Gasteiger partial charge is 0.242 e. The van der Waals surface area contributed by atoms with Gasteiger partial charge in [0.05, 0.1) is 0 Å². The molecule has 2 N–H and O–H groups in total. The van der Waals surface area contributed by atoms with Crippen molar-refractivity contribution in [3.8, 4) is 11.5 Å². The van der Waals surface area contributed by atoms with Gasteiger partial charge >= 0.3 is 0 Å². The van der Waals surface area contributed by atoms with Crippen LogP contribution in [0.25, 0.3) is 0 Å². The standard InChI is InChI=1S/C20H22N2O4/c1-14(22-19(23)10-8-15-5-3-2-4-6-15)20(24)21-12-16-7-9-17-18(11-16)26-13-25-17/h2-7,9,11,14H,8,10,12-13H2,1H3,(H,21,24)(H,22,23)/t14-/m0/s1. The largest absolute Gasteiger partial charge is 0.454 e. The van der Waals surface area contributed by atoms with Crippen molar-refractivity contribution in [1.82, 2.24) is 10.6 Å². The predicted octanol–water partition coefficient (Wildman–Crippen LogP) is 2.17. The number of benzene rings is 2. The van der Waals surface area contributed by atoms with Crippen molar-refractivity contribution < 1.29 is 19.1 Å². The van der Waals surface area contributed by atoms with Crippen LogP contribution in [-0.4, -0.2) is 24.6 Å². The Morgan fingerprint density at radius 1 is 1.04 bits per heavy atom. The van der Waals surface area contributed by atoms with E-state index in [4.69, 9.17) is 9.47 Å². The molecule has 26 heavy (non-hydrogen) atoms. The molecule has 0 radical (unpaired) electrons. The minimum absolute atomic E-state index is 0.139. The number of nitrogens with one attached hydrogen (secondary N) is 2. The normalized spacial score (nSPS) is 13.1. The Bertz CT molecular complexity index is 777. The average Bonchev–Trinajstić information content (AvgIpc) is 3.13. The summed E-state index contributed by atoms with van der Waals surface area (Å²) in [5, 5.41) is 5.55. The molecule has 0 aromatic heterocycles. The second-order valence-corrected chi connectivity index (χ2v) is 6.18. The van der Waals surface area contributed by atoms with E-state index >= 15 is 0 Å². The van der Waals surface area contributed by atoms with Gasteiger partial charge in [0.25, 0.3) is 0 Å². The zero-order valence-electron chi connectivity index (χ0n) is 14.7. The molecule has 0 saturated carbocycles. The number of carbonyl (C=O) groups excluding carboxylic acids is 2. The van der Waals surface area contributed by atoms with E-state index in [9.17, 15) is 9.59 Å². The van der Waals surface area contributed by atoms with Gasteiger partial charge in [0.2, 0.25) is 18.6 Å². The minimum atomic E-state index is -0.590. The van der Waals surface area contributed by atoms with Crippen molar-refractivity contribution in [3.63, 3.8) is 0 Å². The Hall–Kier alpha value is -3.02. The molecule has 6 heteroatoms. The highest BCUT2D eigenvalue weighted by atomic mass is 16.7. The number of hydrogen-bond donors (Lipinski definition) is 2. The topological polar surface area (TPSA) is 76.7 Å². The summed E-state index contributed by atoms with van der Waals surface area (Å²) in [4.78, 5) is 24.2. The van der Waals surface area contributed by atoms with Crippen LogP contribution in [0.15, 0.2) is 48.5 Å². The van der Waals surface area contributed by atoms with Gasteiger partial charge in [-0.2, -0.15) is 0 Å². The van der Waals surface area contributed by atoms with Gasteiger partial charge in [-0.3, -0.25) is 9.59 Å². The first kappa shape index (κ1) is 17.8. The molecule has 6 nitrogen and oxygen atoms in total. The van der Waals surface area contributed by atoms with Crippen LogP contribution in [-0.2, 0) is 22.6 Å². The van der Waals surface area contributed by atoms with Crippen LogP contribution in [0.4, 0.5) is 0 Å². The molecular weight excluding hydrogens is 332 g/mol. The number of fused-ring (bicyclic) bond motifs is 1. The first-order valence-electron chi connectivity index (χ1n) is 8.61. The van der Waals surface area contributed by atoms with Crippen LogP contribution >= 0.6 is 0 Å². The number of carbonyl (C=O) groups is 2. The third-order valence-corrected chi connectivity index (χ3v) is 4.16. The van der Waals surface area contributed by atoms with E-state index < -0.39 is 6.04 Å². The molecule has 0 spiro atoms.